The topological polar surface area (TPSA) is 84.9 Å². The molecule has 2 amide bonds. The van der Waals surface area contributed by atoms with Crippen molar-refractivity contribution in [3.8, 4) is 0 Å². The van der Waals surface area contributed by atoms with E-state index in [4.69, 9.17) is 9.47 Å². The summed E-state index contributed by atoms with van der Waals surface area (Å²) in [5.41, 5.74) is 0.301. The Hall–Kier alpha value is -2.22. The molecule has 160 valence electrons. The molecule has 0 fully saturated rings. The van der Waals surface area contributed by atoms with Crippen LogP contribution in [-0.4, -0.2) is 48.5 Å². The Bertz CT molecular complexity index is 732. The minimum Gasteiger partial charge on any atom is -0.456 e. The number of fused-ring (bicyclic) bond motifs is 1. The van der Waals surface area contributed by atoms with Crippen LogP contribution in [0.15, 0.2) is 29.2 Å². The van der Waals surface area contributed by atoms with Gasteiger partial charge in [0.15, 0.2) is 6.61 Å². The summed E-state index contributed by atoms with van der Waals surface area (Å²) in [6.07, 6.45) is 0.877. The number of anilines is 1. The van der Waals surface area contributed by atoms with Gasteiger partial charge in [-0.2, -0.15) is 0 Å². The minimum absolute atomic E-state index is 0.118. The van der Waals surface area contributed by atoms with Gasteiger partial charge in [0.1, 0.15) is 5.60 Å². The molecule has 0 radical (unpaired) electrons. The number of nitrogens with one attached hydrogen (secondary N) is 1. The van der Waals surface area contributed by atoms with Gasteiger partial charge in [0, 0.05) is 29.7 Å². The second kappa shape index (κ2) is 10.5. The number of nitrogens with zero attached hydrogens (tertiary/aromatic N) is 1. The first-order chi connectivity index (χ1) is 13.7. The molecular formula is C21H30N2O5S. The quantitative estimate of drug-likeness (QED) is 0.555. The third-order valence-corrected chi connectivity index (χ3v) is 5.36. The summed E-state index contributed by atoms with van der Waals surface area (Å²) in [5.74, 6) is -0.692. The lowest BCUT2D eigenvalue weighted by atomic mass is 10.2. The van der Waals surface area contributed by atoms with E-state index in [1.165, 1.54) is 0 Å². The van der Waals surface area contributed by atoms with Gasteiger partial charge < -0.3 is 19.7 Å². The zero-order valence-corrected chi connectivity index (χ0v) is 18.3. The van der Waals surface area contributed by atoms with Crippen molar-refractivity contribution in [2.24, 2.45) is 0 Å². The maximum atomic E-state index is 12.6. The van der Waals surface area contributed by atoms with Gasteiger partial charge in [-0.05, 0) is 45.7 Å². The first-order valence-electron chi connectivity index (χ1n) is 9.84. The zero-order chi connectivity index (χ0) is 21.4. The maximum absolute atomic E-state index is 12.6. The Labute approximate surface area is 176 Å². The number of alkyl carbamates (subject to hydrolysis) is 1. The molecule has 1 atom stereocenters. The number of amides is 2. The summed E-state index contributed by atoms with van der Waals surface area (Å²) in [4.78, 5) is 38.9. The molecule has 0 saturated carbocycles. The third kappa shape index (κ3) is 7.97. The van der Waals surface area contributed by atoms with Crippen LogP contribution in [-0.2, 0) is 19.1 Å². The van der Waals surface area contributed by atoms with E-state index in [0.29, 0.717) is 24.8 Å². The highest BCUT2D eigenvalue weighted by molar-refractivity contribution is 8.00. The highest BCUT2D eigenvalue weighted by Gasteiger charge is 2.24. The molecular weight excluding hydrogens is 392 g/mol. The molecule has 0 unspecified atom stereocenters. The van der Waals surface area contributed by atoms with E-state index >= 15 is 0 Å². The Kier molecular flexibility index (Phi) is 8.37. The van der Waals surface area contributed by atoms with Crippen molar-refractivity contribution in [1.29, 1.82) is 0 Å². The fourth-order valence-corrected chi connectivity index (χ4v) is 3.89. The second-order valence-electron chi connectivity index (χ2n) is 7.92. The fraction of sp³-hybridized carbons (Fsp3) is 0.571. The number of hydrogen-bond acceptors (Lipinski definition) is 6. The van der Waals surface area contributed by atoms with E-state index in [0.717, 1.165) is 17.0 Å². The van der Waals surface area contributed by atoms with E-state index in [1.807, 2.05) is 24.3 Å². The number of para-hydroxylation sites is 1. The highest BCUT2D eigenvalue weighted by atomic mass is 32.2. The zero-order valence-electron chi connectivity index (χ0n) is 17.5. The Balaban J connectivity index is 1.75. The molecule has 0 spiro atoms. The number of hydrogen-bond donors (Lipinski definition) is 1. The molecule has 0 aromatic heterocycles. The molecule has 8 heteroatoms. The minimum atomic E-state index is -0.564. The molecule has 1 N–H and O–H groups in total. The predicted octanol–water partition coefficient (Wildman–Crippen LogP) is 3.75. The average molecular weight is 423 g/mol. The van der Waals surface area contributed by atoms with Crippen LogP contribution in [0.1, 0.15) is 47.0 Å². The van der Waals surface area contributed by atoms with Crippen molar-refractivity contribution < 1.29 is 23.9 Å². The van der Waals surface area contributed by atoms with Gasteiger partial charge in [-0.15, -0.1) is 11.8 Å². The van der Waals surface area contributed by atoms with Crippen molar-refractivity contribution in [3.05, 3.63) is 24.3 Å². The number of esters is 1. The monoisotopic (exact) mass is 422 g/mol. The number of rotatable bonds is 6. The van der Waals surface area contributed by atoms with Gasteiger partial charge >= 0.3 is 12.1 Å². The normalized spacial score (nSPS) is 16.4. The lowest BCUT2D eigenvalue weighted by molar-refractivity contribution is -0.147. The van der Waals surface area contributed by atoms with E-state index in [1.54, 1.807) is 37.4 Å². The summed E-state index contributed by atoms with van der Waals surface area (Å²) < 4.78 is 10.3. The van der Waals surface area contributed by atoms with Crippen LogP contribution in [0.4, 0.5) is 10.5 Å². The van der Waals surface area contributed by atoms with E-state index in [2.05, 4.69) is 12.2 Å². The van der Waals surface area contributed by atoms with Crippen molar-refractivity contribution in [2.75, 3.05) is 24.6 Å². The van der Waals surface area contributed by atoms with Gasteiger partial charge in [0.2, 0.25) is 0 Å². The first kappa shape index (κ1) is 23.1. The molecule has 1 aromatic carbocycles. The van der Waals surface area contributed by atoms with Crippen molar-refractivity contribution in [1.82, 2.24) is 5.32 Å². The Morgan fingerprint density at radius 2 is 1.97 bits per heavy atom. The smallest absolute Gasteiger partial charge is 0.407 e. The van der Waals surface area contributed by atoms with Gasteiger partial charge in [-0.3, -0.25) is 9.59 Å². The summed E-state index contributed by atoms with van der Waals surface area (Å²) in [7, 11) is 0. The van der Waals surface area contributed by atoms with Crippen LogP contribution in [0.3, 0.4) is 0 Å². The van der Waals surface area contributed by atoms with Crippen molar-refractivity contribution >= 4 is 35.4 Å². The molecule has 29 heavy (non-hydrogen) atoms. The molecule has 0 bridgehead atoms. The summed E-state index contributed by atoms with van der Waals surface area (Å²) in [6.45, 7) is 8.09. The molecule has 1 aliphatic heterocycles. The summed E-state index contributed by atoms with van der Waals surface area (Å²) in [6, 6.07) is 7.78. The average Bonchev–Trinajstić information content (AvgIpc) is 2.80. The van der Waals surface area contributed by atoms with Crippen LogP contribution >= 0.6 is 11.8 Å². The summed E-state index contributed by atoms with van der Waals surface area (Å²) in [5, 5.41) is 3.00. The maximum Gasteiger partial charge on any atom is 0.407 e. The Morgan fingerprint density at radius 3 is 2.69 bits per heavy atom. The van der Waals surface area contributed by atoms with Crippen molar-refractivity contribution in [3.63, 3.8) is 0 Å². The number of ether oxygens (including phenoxy) is 2. The van der Waals surface area contributed by atoms with Gasteiger partial charge in [-0.1, -0.05) is 19.1 Å². The lowest BCUT2D eigenvalue weighted by Gasteiger charge is -2.22. The van der Waals surface area contributed by atoms with Gasteiger partial charge in [0.25, 0.3) is 5.91 Å². The van der Waals surface area contributed by atoms with Crippen LogP contribution in [0.25, 0.3) is 0 Å². The largest absolute Gasteiger partial charge is 0.456 e. The predicted molar refractivity (Wildman–Crippen MR) is 113 cm³/mol. The molecule has 7 nitrogen and oxygen atoms in total. The van der Waals surface area contributed by atoms with Crippen LogP contribution < -0.4 is 10.2 Å². The molecule has 2 rings (SSSR count). The molecule has 1 aromatic rings. The molecule has 1 aliphatic rings. The number of carbonyl (C=O) groups is 3. The first-order valence-corrected chi connectivity index (χ1v) is 10.7. The van der Waals surface area contributed by atoms with E-state index < -0.39 is 17.7 Å². The van der Waals surface area contributed by atoms with Gasteiger partial charge in [0.05, 0.1) is 5.69 Å². The highest BCUT2D eigenvalue weighted by Crippen LogP contribution is 2.37. The Morgan fingerprint density at radius 1 is 1.24 bits per heavy atom. The molecule has 1 heterocycles. The fourth-order valence-electron chi connectivity index (χ4n) is 2.78. The molecule has 0 aliphatic carbocycles. The van der Waals surface area contributed by atoms with Crippen LogP contribution in [0.5, 0.6) is 0 Å². The number of benzene rings is 1. The lowest BCUT2D eigenvalue weighted by Crippen LogP contribution is -2.36. The SMILES string of the molecule is C[C@H]1CCN(C(=O)COC(=O)CCCNC(=O)OC(C)(C)C)c2ccccc2S1. The number of carbonyl (C=O) groups excluding carboxylic acids is 3. The van der Waals surface area contributed by atoms with Crippen LogP contribution in [0.2, 0.25) is 0 Å². The molecule has 0 saturated heterocycles. The van der Waals surface area contributed by atoms with E-state index in [9.17, 15) is 14.4 Å². The van der Waals surface area contributed by atoms with Crippen molar-refractivity contribution in [2.45, 2.75) is 62.7 Å². The third-order valence-electron chi connectivity index (χ3n) is 4.13. The standard InChI is InChI=1S/C21H30N2O5S/c1-15-11-13-23(16-8-5-6-9-17(16)29-15)18(24)14-27-19(25)10-7-12-22-20(26)28-21(2,3)4/h5-6,8-9,15H,7,10-14H2,1-4H3,(H,22,26)/t15-/m0/s1. The van der Waals surface area contributed by atoms with Crippen LogP contribution in [0, 0.1) is 0 Å². The summed E-state index contributed by atoms with van der Waals surface area (Å²) >= 11 is 1.75. The van der Waals surface area contributed by atoms with Gasteiger partial charge in [-0.25, -0.2) is 4.79 Å². The second-order valence-corrected chi connectivity index (χ2v) is 9.40. The van der Waals surface area contributed by atoms with E-state index in [-0.39, 0.29) is 18.9 Å². The number of thioether (sulfide) groups is 1.